The van der Waals surface area contributed by atoms with Crippen LogP contribution in [-0.2, 0) is 0 Å². The fourth-order valence-corrected chi connectivity index (χ4v) is 3.73. The average Bonchev–Trinajstić information content (AvgIpc) is 1.99. The van der Waals surface area contributed by atoms with Gasteiger partial charge in [-0.25, -0.2) is 0 Å². The van der Waals surface area contributed by atoms with Crippen LogP contribution in [0.4, 0.5) is 0 Å². The van der Waals surface area contributed by atoms with Gasteiger partial charge in [-0.3, -0.25) is 4.90 Å². The standard InChI is InChI=1S/C13H26N2/c1-12(2,3)11-9-7-14-8-10(11)15(9)13(4,5)6/h9-11,14H,7-8H2,1-6H3. The minimum absolute atomic E-state index is 0.333. The van der Waals surface area contributed by atoms with Gasteiger partial charge in [0.1, 0.15) is 0 Å². The molecule has 88 valence electrons. The maximum atomic E-state index is 3.55. The molecule has 2 atom stereocenters. The summed E-state index contributed by atoms with van der Waals surface area (Å²) in [5, 5.41) is 3.55. The molecule has 0 aromatic carbocycles. The van der Waals surface area contributed by atoms with Crippen molar-refractivity contribution in [2.45, 2.75) is 59.2 Å². The van der Waals surface area contributed by atoms with Crippen molar-refractivity contribution in [2.75, 3.05) is 13.1 Å². The number of hydrogen-bond donors (Lipinski definition) is 1. The van der Waals surface area contributed by atoms with E-state index in [-0.39, 0.29) is 0 Å². The first-order valence-electron chi connectivity index (χ1n) is 6.22. The van der Waals surface area contributed by atoms with Crippen molar-refractivity contribution in [2.24, 2.45) is 11.3 Å². The van der Waals surface area contributed by atoms with E-state index in [1.807, 2.05) is 0 Å². The molecule has 0 saturated carbocycles. The van der Waals surface area contributed by atoms with Gasteiger partial charge in [-0.15, -0.1) is 0 Å². The van der Waals surface area contributed by atoms with E-state index in [0.29, 0.717) is 11.0 Å². The molecule has 3 rings (SSSR count). The highest BCUT2D eigenvalue weighted by Crippen LogP contribution is 2.48. The van der Waals surface area contributed by atoms with Gasteiger partial charge in [0.15, 0.2) is 0 Å². The maximum absolute atomic E-state index is 3.55. The third-order valence-corrected chi connectivity index (χ3v) is 4.03. The van der Waals surface area contributed by atoms with Gasteiger partial charge in [-0.1, -0.05) is 20.8 Å². The molecule has 3 heterocycles. The van der Waals surface area contributed by atoms with Crippen molar-refractivity contribution in [3.05, 3.63) is 0 Å². The van der Waals surface area contributed by atoms with Crippen LogP contribution < -0.4 is 5.32 Å². The molecule has 3 aliphatic heterocycles. The van der Waals surface area contributed by atoms with Crippen molar-refractivity contribution in [3.63, 3.8) is 0 Å². The topological polar surface area (TPSA) is 15.3 Å². The summed E-state index contributed by atoms with van der Waals surface area (Å²) in [7, 11) is 0. The lowest BCUT2D eigenvalue weighted by Gasteiger charge is -2.67. The smallest absolute Gasteiger partial charge is 0.0278 e. The predicted molar refractivity (Wildman–Crippen MR) is 65.0 cm³/mol. The van der Waals surface area contributed by atoms with Crippen LogP contribution >= 0.6 is 0 Å². The van der Waals surface area contributed by atoms with Crippen molar-refractivity contribution < 1.29 is 0 Å². The molecule has 15 heavy (non-hydrogen) atoms. The van der Waals surface area contributed by atoms with Crippen molar-refractivity contribution in [3.8, 4) is 0 Å². The van der Waals surface area contributed by atoms with Crippen molar-refractivity contribution in [1.82, 2.24) is 10.2 Å². The van der Waals surface area contributed by atoms with E-state index in [0.717, 1.165) is 18.0 Å². The van der Waals surface area contributed by atoms with E-state index < -0.39 is 0 Å². The van der Waals surface area contributed by atoms with E-state index in [4.69, 9.17) is 0 Å². The molecule has 3 saturated heterocycles. The summed E-state index contributed by atoms with van der Waals surface area (Å²) in [4.78, 5) is 2.72. The summed E-state index contributed by atoms with van der Waals surface area (Å²) in [6, 6.07) is 1.51. The van der Waals surface area contributed by atoms with Crippen molar-refractivity contribution in [1.29, 1.82) is 0 Å². The first-order valence-corrected chi connectivity index (χ1v) is 6.22. The fourth-order valence-electron chi connectivity index (χ4n) is 3.73. The Hall–Kier alpha value is -0.0800. The molecular formula is C13H26N2. The first-order chi connectivity index (χ1) is 6.73. The molecule has 0 radical (unpaired) electrons. The Bertz CT molecular complexity index is 212. The maximum Gasteiger partial charge on any atom is 0.0278 e. The van der Waals surface area contributed by atoms with Gasteiger partial charge in [-0.05, 0) is 32.1 Å². The third-order valence-electron chi connectivity index (χ3n) is 4.03. The summed E-state index contributed by atoms with van der Waals surface area (Å²) in [6.45, 7) is 16.6. The quantitative estimate of drug-likeness (QED) is 0.659. The number of rotatable bonds is 0. The highest BCUT2D eigenvalue weighted by atomic mass is 15.4. The number of piperidine rings is 1. The Balaban J connectivity index is 2.18. The zero-order valence-corrected chi connectivity index (χ0v) is 11.1. The lowest BCUT2D eigenvalue weighted by molar-refractivity contribution is -0.169. The van der Waals surface area contributed by atoms with Gasteiger partial charge in [0.05, 0.1) is 0 Å². The minimum Gasteiger partial charge on any atom is -0.314 e. The van der Waals surface area contributed by atoms with Crippen LogP contribution in [0.1, 0.15) is 41.5 Å². The molecule has 3 aliphatic rings. The average molecular weight is 210 g/mol. The van der Waals surface area contributed by atoms with E-state index in [9.17, 15) is 0 Å². The lowest BCUT2D eigenvalue weighted by Crippen LogP contribution is -2.80. The van der Waals surface area contributed by atoms with Gasteiger partial charge in [0.25, 0.3) is 0 Å². The van der Waals surface area contributed by atoms with Gasteiger partial charge >= 0.3 is 0 Å². The van der Waals surface area contributed by atoms with Crippen LogP contribution in [0.15, 0.2) is 0 Å². The number of fused-ring (bicyclic) bond motifs is 2. The number of nitrogens with zero attached hydrogens (tertiary/aromatic N) is 1. The Labute approximate surface area is 94.4 Å². The molecule has 2 unspecified atom stereocenters. The second kappa shape index (κ2) is 3.21. The Morgan fingerprint density at radius 3 is 1.73 bits per heavy atom. The fraction of sp³-hybridized carbons (Fsp3) is 1.00. The van der Waals surface area contributed by atoms with Gasteiger partial charge in [0, 0.05) is 30.7 Å². The highest BCUT2D eigenvalue weighted by Gasteiger charge is 2.57. The summed E-state index contributed by atoms with van der Waals surface area (Å²) < 4.78 is 0. The Kier molecular flexibility index (Phi) is 2.44. The van der Waals surface area contributed by atoms with Crippen LogP contribution in [0.5, 0.6) is 0 Å². The Morgan fingerprint density at radius 1 is 0.933 bits per heavy atom. The minimum atomic E-state index is 0.333. The SMILES string of the molecule is CC(C)(C)C1C2CNCC1N2C(C)(C)C. The number of nitrogens with one attached hydrogen (secondary N) is 1. The number of piperazine rings is 1. The summed E-state index contributed by atoms with van der Waals surface area (Å²) in [5.41, 5.74) is 0.790. The van der Waals surface area contributed by atoms with Crippen LogP contribution in [0, 0.1) is 11.3 Å². The zero-order chi connectivity index (χ0) is 11.4. The molecule has 2 heteroatoms. The summed E-state index contributed by atoms with van der Waals surface area (Å²) in [6.07, 6.45) is 0. The van der Waals surface area contributed by atoms with Crippen LogP contribution in [0.2, 0.25) is 0 Å². The monoisotopic (exact) mass is 210 g/mol. The van der Waals surface area contributed by atoms with Crippen LogP contribution in [-0.4, -0.2) is 35.6 Å². The van der Waals surface area contributed by atoms with E-state index in [2.05, 4.69) is 51.8 Å². The number of hydrogen-bond acceptors (Lipinski definition) is 2. The molecule has 0 amide bonds. The van der Waals surface area contributed by atoms with Crippen LogP contribution in [0.3, 0.4) is 0 Å². The molecule has 2 nitrogen and oxygen atoms in total. The molecule has 3 fully saturated rings. The summed E-state index contributed by atoms with van der Waals surface area (Å²) in [5.74, 6) is 0.873. The third kappa shape index (κ3) is 1.72. The van der Waals surface area contributed by atoms with E-state index in [1.54, 1.807) is 0 Å². The molecule has 0 aromatic heterocycles. The molecule has 1 N–H and O–H groups in total. The normalized spacial score (nSPS) is 37.6. The summed E-state index contributed by atoms with van der Waals surface area (Å²) >= 11 is 0. The molecule has 2 bridgehead atoms. The molecule has 0 aromatic rings. The second-order valence-corrected chi connectivity index (χ2v) is 7.26. The van der Waals surface area contributed by atoms with Gasteiger partial charge in [0.2, 0.25) is 0 Å². The van der Waals surface area contributed by atoms with Crippen LogP contribution in [0.25, 0.3) is 0 Å². The molecule has 0 aliphatic carbocycles. The lowest BCUT2D eigenvalue weighted by atomic mass is 9.62. The highest BCUT2D eigenvalue weighted by molar-refractivity contribution is 5.13. The van der Waals surface area contributed by atoms with Gasteiger partial charge < -0.3 is 5.32 Å². The molecule has 0 spiro atoms. The van der Waals surface area contributed by atoms with Gasteiger partial charge in [-0.2, -0.15) is 0 Å². The zero-order valence-electron chi connectivity index (χ0n) is 11.1. The van der Waals surface area contributed by atoms with E-state index in [1.165, 1.54) is 13.1 Å². The van der Waals surface area contributed by atoms with E-state index >= 15 is 0 Å². The predicted octanol–water partition coefficient (Wildman–Crippen LogP) is 2.10. The molecular weight excluding hydrogens is 184 g/mol. The first kappa shape index (κ1) is 11.4. The largest absolute Gasteiger partial charge is 0.314 e. The Morgan fingerprint density at radius 2 is 1.40 bits per heavy atom. The second-order valence-electron chi connectivity index (χ2n) is 7.26. The van der Waals surface area contributed by atoms with Crippen molar-refractivity contribution >= 4 is 0 Å².